The van der Waals surface area contributed by atoms with Gasteiger partial charge in [-0.05, 0) is 67.6 Å². The lowest BCUT2D eigenvalue weighted by molar-refractivity contribution is -0.127. The number of halogens is 4. The molecule has 10 heteroatoms. The summed E-state index contributed by atoms with van der Waals surface area (Å²) in [6, 6.07) is 16.0. The molecule has 0 aromatic heterocycles. The Morgan fingerprint density at radius 3 is 2.33 bits per heavy atom. The number of esters is 1. The maximum absolute atomic E-state index is 12.4. The van der Waals surface area contributed by atoms with Crippen molar-refractivity contribution < 1.29 is 19.1 Å². The van der Waals surface area contributed by atoms with Crippen LogP contribution in [0, 0.1) is 0 Å². The fraction of sp³-hybridized carbons (Fsp3) is 0.0870. The van der Waals surface area contributed by atoms with Crippen LogP contribution in [0.2, 0.25) is 15.1 Å². The van der Waals surface area contributed by atoms with Gasteiger partial charge in [-0.1, -0.05) is 50.7 Å². The lowest BCUT2D eigenvalue weighted by atomic mass is 10.2. The van der Waals surface area contributed by atoms with Crippen molar-refractivity contribution in [1.29, 1.82) is 0 Å². The summed E-state index contributed by atoms with van der Waals surface area (Å²) in [7, 11) is 0. The van der Waals surface area contributed by atoms with Crippen LogP contribution in [0.1, 0.15) is 22.8 Å². The molecule has 3 aromatic carbocycles. The first-order chi connectivity index (χ1) is 15.7. The average molecular weight is 571 g/mol. The molecule has 170 valence electrons. The summed E-state index contributed by atoms with van der Waals surface area (Å²) in [5.74, 6) is -0.494. The maximum atomic E-state index is 12.4. The number of carbonyl (C=O) groups is 2. The second-order valence-corrected chi connectivity index (χ2v) is 8.84. The van der Waals surface area contributed by atoms with Crippen LogP contribution in [-0.2, 0) is 4.79 Å². The summed E-state index contributed by atoms with van der Waals surface area (Å²) in [6.45, 7) is 1.55. The third-order valence-electron chi connectivity index (χ3n) is 4.20. The van der Waals surface area contributed by atoms with Gasteiger partial charge in [-0.15, -0.1) is 0 Å². The van der Waals surface area contributed by atoms with Crippen LogP contribution >= 0.6 is 50.7 Å². The van der Waals surface area contributed by atoms with E-state index in [0.717, 1.165) is 4.47 Å². The molecule has 1 atom stereocenters. The van der Waals surface area contributed by atoms with E-state index in [0.29, 0.717) is 26.9 Å². The highest BCUT2D eigenvalue weighted by molar-refractivity contribution is 9.10. The molecular formula is C23H16BrCl3N2O4. The van der Waals surface area contributed by atoms with Crippen molar-refractivity contribution in [2.75, 3.05) is 0 Å². The number of amides is 1. The van der Waals surface area contributed by atoms with Crippen LogP contribution in [0.3, 0.4) is 0 Å². The van der Waals surface area contributed by atoms with Gasteiger partial charge in [0.2, 0.25) is 0 Å². The lowest BCUT2D eigenvalue weighted by Gasteiger charge is -2.14. The predicted molar refractivity (Wildman–Crippen MR) is 133 cm³/mol. The lowest BCUT2D eigenvalue weighted by Crippen LogP contribution is -2.33. The average Bonchev–Trinajstić information content (AvgIpc) is 2.77. The van der Waals surface area contributed by atoms with Gasteiger partial charge in [0.05, 0.1) is 16.8 Å². The van der Waals surface area contributed by atoms with Gasteiger partial charge in [0, 0.05) is 20.1 Å². The number of hydrogen-bond donors (Lipinski definition) is 1. The summed E-state index contributed by atoms with van der Waals surface area (Å²) in [5.41, 5.74) is 3.18. The molecule has 0 radical (unpaired) electrons. The molecule has 3 rings (SSSR count). The smallest absolute Gasteiger partial charge is 0.343 e. The van der Waals surface area contributed by atoms with Gasteiger partial charge in [0.15, 0.2) is 6.10 Å². The normalized spacial score (nSPS) is 11.8. The van der Waals surface area contributed by atoms with Gasteiger partial charge in [0.25, 0.3) is 5.91 Å². The number of nitrogens with zero attached hydrogens (tertiary/aromatic N) is 1. The molecule has 0 unspecified atom stereocenters. The van der Waals surface area contributed by atoms with E-state index in [1.165, 1.54) is 12.3 Å². The summed E-state index contributed by atoms with van der Waals surface area (Å²) in [6.07, 6.45) is 0.473. The summed E-state index contributed by atoms with van der Waals surface area (Å²) in [4.78, 5) is 24.8. The molecule has 6 nitrogen and oxygen atoms in total. The van der Waals surface area contributed by atoms with Crippen LogP contribution in [0.15, 0.2) is 70.2 Å². The second-order valence-electron chi connectivity index (χ2n) is 6.65. The molecule has 0 saturated carbocycles. The molecule has 0 heterocycles. The Hall–Kier alpha value is -2.58. The Bertz CT molecular complexity index is 1200. The molecule has 33 heavy (non-hydrogen) atoms. The van der Waals surface area contributed by atoms with E-state index in [1.807, 2.05) is 0 Å². The number of nitrogens with one attached hydrogen (secondary N) is 1. The maximum Gasteiger partial charge on any atom is 0.343 e. The van der Waals surface area contributed by atoms with Crippen molar-refractivity contribution in [3.8, 4) is 11.5 Å². The highest BCUT2D eigenvalue weighted by Gasteiger charge is 2.16. The monoisotopic (exact) mass is 568 g/mol. The quantitative estimate of drug-likeness (QED) is 0.151. The van der Waals surface area contributed by atoms with Crippen molar-refractivity contribution in [2.24, 2.45) is 5.10 Å². The van der Waals surface area contributed by atoms with Gasteiger partial charge in [-0.25, -0.2) is 10.2 Å². The number of hydrogen-bond acceptors (Lipinski definition) is 5. The van der Waals surface area contributed by atoms with Gasteiger partial charge < -0.3 is 9.47 Å². The molecule has 1 N–H and O–H groups in total. The van der Waals surface area contributed by atoms with Gasteiger partial charge in [0.1, 0.15) is 11.5 Å². The number of carbonyl (C=O) groups excluding carboxylic acids is 2. The van der Waals surface area contributed by atoms with Gasteiger partial charge in [-0.3, -0.25) is 4.79 Å². The SMILES string of the molecule is C[C@@H](Oc1ccc(Cl)cc1Cl)C(=O)N/N=C\c1cc(Br)ccc1OC(=O)c1ccc(Cl)cc1. The van der Waals surface area contributed by atoms with E-state index >= 15 is 0 Å². The predicted octanol–water partition coefficient (Wildman–Crippen LogP) is 6.55. The Morgan fingerprint density at radius 1 is 0.970 bits per heavy atom. The molecular weight excluding hydrogens is 555 g/mol. The molecule has 0 saturated heterocycles. The van der Waals surface area contributed by atoms with Crippen LogP contribution < -0.4 is 14.9 Å². The van der Waals surface area contributed by atoms with Crippen LogP contribution in [0.25, 0.3) is 0 Å². The minimum atomic E-state index is -0.884. The molecule has 1 amide bonds. The van der Waals surface area contributed by atoms with Crippen molar-refractivity contribution in [1.82, 2.24) is 5.43 Å². The first-order valence-corrected chi connectivity index (χ1v) is 11.4. The number of benzene rings is 3. The van der Waals surface area contributed by atoms with E-state index in [-0.39, 0.29) is 10.8 Å². The first-order valence-electron chi connectivity index (χ1n) is 9.45. The molecule has 0 aliphatic heterocycles. The molecule has 0 aliphatic carbocycles. The Kier molecular flexibility index (Phi) is 8.74. The largest absolute Gasteiger partial charge is 0.479 e. The van der Waals surface area contributed by atoms with Crippen molar-refractivity contribution in [3.63, 3.8) is 0 Å². The van der Waals surface area contributed by atoms with E-state index < -0.39 is 18.0 Å². The van der Waals surface area contributed by atoms with Gasteiger partial charge >= 0.3 is 5.97 Å². The Labute approximate surface area is 213 Å². The number of ether oxygens (including phenoxy) is 2. The zero-order valence-corrected chi connectivity index (χ0v) is 20.9. The van der Waals surface area contributed by atoms with E-state index in [1.54, 1.807) is 61.5 Å². The highest BCUT2D eigenvalue weighted by Crippen LogP contribution is 2.28. The zero-order chi connectivity index (χ0) is 24.0. The van der Waals surface area contributed by atoms with Crippen molar-refractivity contribution in [2.45, 2.75) is 13.0 Å². The molecule has 0 bridgehead atoms. The van der Waals surface area contributed by atoms with E-state index in [9.17, 15) is 9.59 Å². The van der Waals surface area contributed by atoms with Crippen molar-refractivity contribution in [3.05, 3.63) is 91.3 Å². The minimum absolute atomic E-state index is 0.258. The number of rotatable bonds is 7. The van der Waals surface area contributed by atoms with Crippen LogP contribution in [0.4, 0.5) is 0 Å². The topological polar surface area (TPSA) is 77.0 Å². The van der Waals surface area contributed by atoms with E-state index in [4.69, 9.17) is 44.3 Å². The Morgan fingerprint density at radius 2 is 1.64 bits per heavy atom. The van der Waals surface area contributed by atoms with Gasteiger partial charge in [-0.2, -0.15) is 5.10 Å². The van der Waals surface area contributed by atoms with E-state index in [2.05, 4.69) is 26.5 Å². The highest BCUT2D eigenvalue weighted by atomic mass is 79.9. The Balaban J connectivity index is 1.66. The van der Waals surface area contributed by atoms with Crippen LogP contribution in [-0.4, -0.2) is 24.2 Å². The summed E-state index contributed by atoms with van der Waals surface area (Å²) >= 11 is 21.1. The molecule has 3 aromatic rings. The molecule has 0 spiro atoms. The van der Waals surface area contributed by atoms with Crippen molar-refractivity contribution >= 4 is 68.8 Å². The third kappa shape index (κ3) is 7.20. The molecule has 0 aliphatic rings. The summed E-state index contributed by atoms with van der Waals surface area (Å²) in [5, 5.41) is 5.19. The minimum Gasteiger partial charge on any atom is -0.479 e. The standard InChI is InChI=1S/C23H16BrCl3N2O4/c1-13(32-21-9-7-18(26)11-19(21)27)22(30)29-28-12-15-10-16(24)4-8-20(15)33-23(31)14-2-5-17(25)6-3-14/h2-13H,1H3,(H,29,30)/b28-12-/t13-/m1/s1. The second kappa shape index (κ2) is 11.5. The number of hydrazone groups is 1. The fourth-order valence-electron chi connectivity index (χ4n) is 2.53. The zero-order valence-electron chi connectivity index (χ0n) is 17.0. The first kappa shape index (κ1) is 25.1. The third-order valence-corrected chi connectivity index (χ3v) is 5.48. The fourth-order valence-corrected chi connectivity index (χ4v) is 3.49. The van der Waals surface area contributed by atoms with Crippen LogP contribution in [0.5, 0.6) is 11.5 Å². The summed E-state index contributed by atoms with van der Waals surface area (Å²) < 4.78 is 11.8. The molecule has 0 fully saturated rings.